The minimum Gasteiger partial charge on any atom is -0.335 e. The van der Waals surface area contributed by atoms with Gasteiger partial charge in [0, 0.05) is 5.92 Å². The van der Waals surface area contributed by atoms with E-state index in [9.17, 15) is 4.79 Å². The highest BCUT2D eigenvalue weighted by molar-refractivity contribution is 5.97. The Labute approximate surface area is 100 Å². The molecule has 3 rings (SSSR count). The van der Waals surface area contributed by atoms with Crippen molar-refractivity contribution in [2.24, 2.45) is 5.92 Å². The predicted octanol–water partition coefficient (Wildman–Crippen LogP) is 3.33. The molecule has 0 bridgehead atoms. The van der Waals surface area contributed by atoms with Crippen LogP contribution < -0.4 is 0 Å². The molecule has 1 aromatic carbocycles. The maximum atomic E-state index is 12.3. The predicted molar refractivity (Wildman–Crippen MR) is 67.0 cm³/mol. The van der Waals surface area contributed by atoms with E-state index < -0.39 is 0 Å². The van der Waals surface area contributed by atoms with Gasteiger partial charge in [0.15, 0.2) is 5.82 Å². The third-order valence-electron chi connectivity index (χ3n) is 3.60. The molecule has 17 heavy (non-hydrogen) atoms. The Morgan fingerprint density at radius 1 is 1.18 bits per heavy atom. The van der Waals surface area contributed by atoms with Gasteiger partial charge >= 0.3 is 0 Å². The van der Waals surface area contributed by atoms with Gasteiger partial charge in [0.1, 0.15) is 0 Å². The lowest BCUT2D eigenvalue weighted by Crippen LogP contribution is -2.18. The summed E-state index contributed by atoms with van der Waals surface area (Å²) in [6.07, 6.45) is 5.67. The largest absolute Gasteiger partial charge is 0.335 e. The second kappa shape index (κ2) is 4.32. The first-order valence-electron chi connectivity index (χ1n) is 6.33. The number of Topliss-reactive ketones (excluding diaryl/α,β-unsaturated/α-hetero) is 1. The summed E-state index contributed by atoms with van der Waals surface area (Å²) in [5, 5.41) is 0. The molecule has 0 atom stereocenters. The van der Waals surface area contributed by atoms with Gasteiger partial charge in [0.25, 0.3) is 0 Å². The molecule has 0 amide bonds. The van der Waals surface area contributed by atoms with Crippen molar-refractivity contribution in [1.29, 1.82) is 0 Å². The van der Waals surface area contributed by atoms with Crippen LogP contribution in [0, 0.1) is 5.92 Å². The van der Waals surface area contributed by atoms with Gasteiger partial charge in [-0.15, -0.1) is 0 Å². The molecule has 3 heteroatoms. The fourth-order valence-corrected chi connectivity index (χ4v) is 2.63. The monoisotopic (exact) mass is 228 g/mol. The van der Waals surface area contributed by atoms with Crippen LogP contribution in [0.15, 0.2) is 24.3 Å². The van der Waals surface area contributed by atoms with Crippen LogP contribution in [0.2, 0.25) is 0 Å². The van der Waals surface area contributed by atoms with Crippen molar-refractivity contribution in [3.8, 4) is 0 Å². The Morgan fingerprint density at radius 2 is 1.94 bits per heavy atom. The zero-order chi connectivity index (χ0) is 11.7. The zero-order valence-corrected chi connectivity index (χ0v) is 9.78. The number of fused-ring (bicyclic) bond motifs is 1. The van der Waals surface area contributed by atoms with Crippen molar-refractivity contribution in [3.63, 3.8) is 0 Å². The minimum atomic E-state index is 0.185. The van der Waals surface area contributed by atoms with E-state index in [1.54, 1.807) is 0 Å². The van der Waals surface area contributed by atoms with Gasteiger partial charge in [0.2, 0.25) is 5.78 Å². The number of nitrogens with zero attached hydrogens (tertiary/aromatic N) is 1. The second-order valence-corrected chi connectivity index (χ2v) is 4.80. The molecule has 1 fully saturated rings. The zero-order valence-electron chi connectivity index (χ0n) is 9.78. The number of hydrogen-bond acceptors (Lipinski definition) is 2. The van der Waals surface area contributed by atoms with Crippen LogP contribution in [0.3, 0.4) is 0 Å². The standard InChI is InChI=1S/C14H16N2O/c17-13(10-6-2-1-3-7-10)14-15-11-8-4-5-9-12(11)16-14/h4-5,8-10H,1-3,6-7H2,(H,15,16). The van der Waals surface area contributed by atoms with Gasteiger partial charge in [0.05, 0.1) is 11.0 Å². The molecule has 0 aliphatic heterocycles. The molecule has 1 aromatic heterocycles. The van der Waals surface area contributed by atoms with Gasteiger partial charge < -0.3 is 4.98 Å². The SMILES string of the molecule is O=C(c1nc2ccccc2[nH]1)C1CCCCC1. The van der Waals surface area contributed by atoms with Gasteiger partial charge in [-0.2, -0.15) is 0 Å². The number of benzene rings is 1. The summed E-state index contributed by atoms with van der Waals surface area (Å²) >= 11 is 0. The average Bonchev–Trinajstić information content (AvgIpc) is 2.82. The molecule has 1 aliphatic rings. The molecular weight excluding hydrogens is 212 g/mol. The molecule has 2 aromatic rings. The van der Waals surface area contributed by atoms with Crippen LogP contribution in [0.5, 0.6) is 0 Å². The first kappa shape index (κ1) is 10.5. The number of hydrogen-bond donors (Lipinski definition) is 1. The Hall–Kier alpha value is -1.64. The minimum absolute atomic E-state index is 0.185. The fourth-order valence-electron chi connectivity index (χ4n) is 2.63. The number of carbonyl (C=O) groups is 1. The Balaban J connectivity index is 1.89. The molecule has 1 heterocycles. The van der Waals surface area contributed by atoms with Crippen molar-refractivity contribution in [3.05, 3.63) is 30.1 Å². The quantitative estimate of drug-likeness (QED) is 0.801. The number of carbonyl (C=O) groups excluding carboxylic acids is 1. The summed E-state index contributed by atoms with van der Waals surface area (Å²) in [5.41, 5.74) is 1.83. The highest BCUT2D eigenvalue weighted by Gasteiger charge is 2.24. The molecule has 0 saturated heterocycles. The van der Waals surface area contributed by atoms with Crippen LogP contribution >= 0.6 is 0 Å². The van der Waals surface area contributed by atoms with Gasteiger partial charge in [-0.25, -0.2) is 4.98 Å². The molecule has 0 radical (unpaired) electrons. The number of ketones is 1. The van der Waals surface area contributed by atoms with Crippen molar-refractivity contribution in [2.75, 3.05) is 0 Å². The Bertz CT molecular complexity index is 505. The molecule has 1 aliphatic carbocycles. The van der Waals surface area contributed by atoms with Crippen molar-refractivity contribution < 1.29 is 4.79 Å². The number of H-pyrrole nitrogens is 1. The topological polar surface area (TPSA) is 45.8 Å². The summed E-state index contributed by atoms with van der Waals surface area (Å²) in [6, 6.07) is 7.79. The lowest BCUT2D eigenvalue weighted by atomic mass is 9.86. The molecule has 1 saturated carbocycles. The molecule has 3 nitrogen and oxygen atoms in total. The Morgan fingerprint density at radius 3 is 2.71 bits per heavy atom. The van der Waals surface area contributed by atoms with E-state index in [1.165, 1.54) is 19.3 Å². The number of nitrogens with one attached hydrogen (secondary N) is 1. The number of rotatable bonds is 2. The van der Waals surface area contributed by atoms with E-state index in [4.69, 9.17) is 0 Å². The maximum Gasteiger partial charge on any atom is 0.201 e. The normalized spacial score (nSPS) is 17.4. The molecule has 88 valence electrons. The van der Waals surface area contributed by atoms with Crippen molar-refractivity contribution in [2.45, 2.75) is 32.1 Å². The highest BCUT2D eigenvalue weighted by atomic mass is 16.1. The van der Waals surface area contributed by atoms with Gasteiger partial charge in [-0.3, -0.25) is 4.79 Å². The van der Waals surface area contributed by atoms with E-state index >= 15 is 0 Å². The van der Waals surface area contributed by atoms with Crippen LogP contribution in [-0.2, 0) is 0 Å². The molecule has 0 unspecified atom stereocenters. The fraction of sp³-hybridized carbons (Fsp3) is 0.429. The van der Waals surface area contributed by atoms with E-state index in [2.05, 4.69) is 9.97 Å². The Kier molecular flexibility index (Phi) is 2.67. The molecule has 1 N–H and O–H groups in total. The second-order valence-electron chi connectivity index (χ2n) is 4.80. The summed E-state index contributed by atoms with van der Waals surface area (Å²) in [4.78, 5) is 19.8. The van der Waals surface area contributed by atoms with Gasteiger partial charge in [-0.1, -0.05) is 31.4 Å². The number of aromatic amines is 1. The molecule has 0 spiro atoms. The van der Waals surface area contributed by atoms with E-state index in [0.29, 0.717) is 5.82 Å². The third kappa shape index (κ3) is 1.97. The number of imidazole rings is 1. The summed E-state index contributed by atoms with van der Waals surface area (Å²) in [6.45, 7) is 0. The van der Waals surface area contributed by atoms with Crippen LogP contribution in [-0.4, -0.2) is 15.8 Å². The van der Waals surface area contributed by atoms with Crippen molar-refractivity contribution in [1.82, 2.24) is 9.97 Å². The summed E-state index contributed by atoms with van der Waals surface area (Å²) < 4.78 is 0. The van der Waals surface area contributed by atoms with Crippen molar-refractivity contribution >= 4 is 16.8 Å². The van der Waals surface area contributed by atoms with Crippen LogP contribution in [0.4, 0.5) is 0 Å². The van der Waals surface area contributed by atoms with E-state index in [0.717, 1.165) is 23.9 Å². The maximum absolute atomic E-state index is 12.3. The van der Waals surface area contributed by atoms with E-state index in [1.807, 2.05) is 24.3 Å². The summed E-state index contributed by atoms with van der Waals surface area (Å²) in [5.74, 6) is 0.920. The van der Waals surface area contributed by atoms with E-state index in [-0.39, 0.29) is 11.7 Å². The average molecular weight is 228 g/mol. The van der Waals surface area contributed by atoms with Crippen LogP contribution in [0.1, 0.15) is 42.7 Å². The lowest BCUT2D eigenvalue weighted by Gasteiger charge is -2.18. The number of aromatic nitrogens is 2. The first-order valence-corrected chi connectivity index (χ1v) is 6.33. The smallest absolute Gasteiger partial charge is 0.201 e. The van der Waals surface area contributed by atoms with Crippen LogP contribution in [0.25, 0.3) is 11.0 Å². The lowest BCUT2D eigenvalue weighted by molar-refractivity contribution is 0.0880. The van der Waals surface area contributed by atoms with Gasteiger partial charge in [-0.05, 0) is 25.0 Å². The molecular formula is C14H16N2O. The first-order chi connectivity index (χ1) is 8.34. The number of para-hydroxylation sites is 2. The third-order valence-corrected chi connectivity index (χ3v) is 3.60. The highest BCUT2D eigenvalue weighted by Crippen LogP contribution is 2.26. The summed E-state index contributed by atoms with van der Waals surface area (Å²) in [7, 11) is 0.